The summed E-state index contributed by atoms with van der Waals surface area (Å²) in [4.78, 5) is 3.94. The molecule has 0 radical (unpaired) electrons. The number of nitrogens with two attached hydrogens (primary N) is 1. The van der Waals surface area contributed by atoms with Crippen molar-refractivity contribution in [3.63, 3.8) is 0 Å². The molecule has 78 valence electrons. The van der Waals surface area contributed by atoms with Gasteiger partial charge < -0.3 is 16.2 Å². The third-order valence-corrected chi connectivity index (χ3v) is 2.07. The number of pyridine rings is 1. The number of rotatable bonds is 4. The van der Waals surface area contributed by atoms with Crippen LogP contribution in [0.3, 0.4) is 0 Å². The quantitative estimate of drug-likeness (QED) is 0.672. The second kappa shape index (κ2) is 4.81. The number of nitrogen functional groups attached to an aromatic ring is 1. The zero-order chi connectivity index (χ0) is 10.6. The van der Waals surface area contributed by atoms with Crippen LogP contribution in [0.15, 0.2) is 18.3 Å². The monoisotopic (exact) mass is 195 g/mol. The third kappa shape index (κ3) is 3.22. The molecule has 14 heavy (non-hydrogen) atoms. The smallest absolute Gasteiger partial charge is 0.123 e. The van der Waals surface area contributed by atoms with Crippen LogP contribution in [0.4, 0.5) is 11.5 Å². The fourth-order valence-corrected chi connectivity index (χ4v) is 0.968. The highest BCUT2D eigenvalue weighted by Gasteiger charge is 2.07. The Hall–Kier alpha value is -1.29. The molecule has 1 heterocycles. The lowest BCUT2D eigenvalue weighted by atomic mass is 10.1. The summed E-state index contributed by atoms with van der Waals surface area (Å²) in [5.41, 5.74) is 6.32. The van der Waals surface area contributed by atoms with Gasteiger partial charge in [-0.2, -0.15) is 0 Å². The van der Waals surface area contributed by atoms with Crippen molar-refractivity contribution in [2.45, 2.75) is 20.0 Å². The SMILES string of the molecule is CC(C)C(O)CNc1ccc(N)nc1. The summed E-state index contributed by atoms with van der Waals surface area (Å²) in [7, 11) is 0. The molecule has 0 aromatic carbocycles. The molecule has 1 atom stereocenters. The van der Waals surface area contributed by atoms with Gasteiger partial charge in [-0.1, -0.05) is 13.8 Å². The molecule has 1 aromatic heterocycles. The second-order valence-electron chi connectivity index (χ2n) is 3.66. The first-order chi connectivity index (χ1) is 6.59. The summed E-state index contributed by atoms with van der Waals surface area (Å²) in [6.45, 7) is 4.49. The van der Waals surface area contributed by atoms with Crippen LogP contribution in [0.25, 0.3) is 0 Å². The molecular formula is C10H17N3O. The molecule has 0 saturated heterocycles. The molecule has 0 aliphatic carbocycles. The number of nitrogens with one attached hydrogen (secondary N) is 1. The minimum absolute atomic E-state index is 0.254. The van der Waals surface area contributed by atoms with Crippen LogP contribution in [-0.2, 0) is 0 Å². The summed E-state index contributed by atoms with van der Waals surface area (Å²) in [6.07, 6.45) is 1.31. The maximum atomic E-state index is 9.53. The predicted molar refractivity (Wildman–Crippen MR) is 58.0 cm³/mol. The average Bonchev–Trinajstić information content (AvgIpc) is 2.16. The van der Waals surface area contributed by atoms with E-state index >= 15 is 0 Å². The van der Waals surface area contributed by atoms with Gasteiger partial charge in [0.2, 0.25) is 0 Å². The van der Waals surface area contributed by atoms with Crippen molar-refractivity contribution in [2.24, 2.45) is 5.92 Å². The predicted octanol–water partition coefficient (Wildman–Crippen LogP) is 1.09. The third-order valence-electron chi connectivity index (χ3n) is 2.07. The molecule has 0 fully saturated rings. The van der Waals surface area contributed by atoms with Gasteiger partial charge in [0.05, 0.1) is 18.0 Å². The summed E-state index contributed by atoms with van der Waals surface area (Å²) in [5.74, 6) is 0.754. The van der Waals surface area contributed by atoms with Crippen LogP contribution in [-0.4, -0.2) is 22.7 Å². The first-order valence-electron chi connectivity index (χ1n) is 4.73. The number of hydrogen-bond donors (Lipinski definition) is 3. The van der Waals surface area contributed by atoms with Crippen molar-refractivity contribution in [3.8, 4) is 0 Å². The maximum absolute atomic E-state index is 9.53. The van der Waals surface area contributed by atoms with E-state index < -0.39 is 0 Å². The number of hydrogen-bond acceptors (Lipinski definition) is 4. The standard InChI is InChI=1S/C10H17N3O/c1-7(2)9(14)6-12-8-3-4-10(11)13-5-8/h3-5,7,9,12,14H,6H2,1-2H3,(H2,11,13). The van der Waals surface area contributed by atoms with Crippen molar-refractivity contribution in [1.29, 1.82) is 0 Å². The van der Waals surface area contributed by atoms with Gasteiger partial charge >= 0.3 is 0 Å². The topological polar surface area (TPSA) is 71.2 Å². The zero-order valence-electron chi connectivity index (χ0n) is 8.57. The fourth-order valence-electron chi connectivity index (χ4n) is 0.968. The zero-order valence-corrected chi connectivity index (χ0v) is 8.57. The van der Waals surface area contributed by atoms with Gasteiger partial charge in [-0.3, -0.25) is 0 Å². The Morgan fingerprint density at radius 2 is 2.21 bits per heavy atom. The van der Waals surface area contributed by atoms with Crippen molar-refractivity contribution >= 4 is 11.5 Å². The van der Waals surface area contributed by atoms with E-state index in [9.17, 15) is 5.11 Å². The molecule has 0 saturated carbocycles. The van der Waals surface area contributed by atoms with E-state index in [2.05, 4.69) is 10.3 Å². The number of aromatic nitrogens is 1. The van der Waals surface area contributed by atoms with E-state index in [1.165, 1.54) is 0 Å². The Morgan fingerprint density at radius 3 is 2.71 bits per heavy atom. The van der Waals surface area contributed by atoms with Crippen molar-refractivity contribution < 1.29 is 5.11 Å². The first kappa shape index (κ1) is 10.8. The van der Waals surface area contributed by atoms with E-state index in [4.69, 9.17) is 5.73 Å². The molecule has 1 rings (SSSR count). The van der Waals surface area contributed by atoms with Gasteiger partial charge in [0.15, 0.2) is 0 Å². The highest BCUT2D eigenvalue weighted by molar-refractivity contribution is 5.45. The lowest BCUT2D eigenvalue weighted by Gasteiger charge is -2.15. The summed E-state index contributed by atoms with van der Waals surface area (Å²) in [6, 6.07) is 3.57. The van der Waals surface area contributed by atoms with E-state index in [1.54, 1.807) is 12.3 Å². The van der Waals surface area contributed by atoms with Crippen LogP contribution in [0.1, 0.15) is 13.8 Å². The van der Waals surface area contributed by atoms with Crippen LogP contribution in [0, 0.1) is 5.92 Å². The molecule has 0 bridgehead atoms. The second-order valence-corrected chi connectivity index (χ2v) is 3.66. The fraction of sp³-hybridized carbons (Fsp3) is 0.500. The number of aliphatic hydroxyl groups excluding tert-OH is 1. The highest BCUT2D eigenvalue weighted by atomic mass is 16.3. The van der Waals surface area contributed by atoms with Crippen LogP contribution in [0.2, 0.25) is 0 Å². The Balaban J connectivity index is 2.42. The summed E-state index contributed by atoms with van der Waals surface area (Å²) in [5, 5.41) is 12.6. The largest absolute Gasteiger partial charge is 0.391 e. The molecule has 0 amide bonds. The molecule has 4 heteroatoms. The molecular weight excluding hydrogens is 178 g/mol. The van der Waals surface area contributed by atoms with Crippen LogP contribution < -0.4 is 11.1 Å². The molecule has 1 unspecified atom stereocenters. The Labute approximate surface area is 84.2 Å². The van der Waals surface area contributed by atoms with Gasteiger partial charge in [-0.25, -0.2) is 4.98 Å². The van der Waals surface area contributed by atoms with E-state index in [-0.39, 0.29) is 12.0 Å². The molecule has 0 aliphatic heterocycles. The van der Waals surface area contributed by atoms with E-state index in [0.29, 0.717) is 12.4 Å². The molecule has 0 aliphatic rings. The average molecular weight is 195 g/mol. The van der Waals surface area contributed by atoms with Crippen LogP contribution in [0.5, 0.6) is 0 Å². The van der Waals surface area contributed by atoms with E-state index in [1.807, 2.05) is 19.9 Å². The van der Waals surface area contributed by atoms with Crippen LogP contribution >= 0.6 is 0 Å². The first-order valence-corrected chi connectivity index (χ1v) is 4.73. The van der Waals surface area contributed by atoms with Gasteiger partial charge in [-0.05, 0) is 18.1 Å². The highest BCUT2D eigenvalue weighted by Crippen LogP contribution is 2.08. The van der Waals surface area contributed by atoms with Gasteiger partial charge in [-0.15, -0.1) is 0 Å². The lowest BCUT2D eigenvalue weighted by Crippen LogP contribution is -2.24. The van der Waals surface area contributed by atoms with Gasteiger partial charge in [0.25, 0.3) is 0 Å². The molecule has 0 spiro atoms. The number of aliphatic hydroxyl groups is 1. The summed E-state index contributed by atoms with van der Waals surface area (Å²) < 4.78 is 0. The Morgan fingerprint density at radius 1 is 1.50 bits per heavy atom. The molecule has 4 N–H and O–H groups in total. The summed E-state index contributed by atoms with van der Waals surface area (Å²) >= 11 is 0. The maximum Gasteiger partial charge on any atom is 0.123 e. The Kier molecular flexibility index (Phi) is 3.71. The molecule has 1 aromatic rings. The van der Waals surface area contributed by atoms with Gasteiger partial charge in [0.1, 0.15) is 5.82 Å². The minimum atomic E-state index is -0.340. The van der Waals surface area contributed by atoms with Crippen molar-refractivity contribution in [3.05, 3.63) is 18.3 Å². The van der Waals surface area contributed by atoms with Crippen molar-refractivity contribution in [2.75, 3.05) is 17.6 Å². The minimum Gasteiger partial charge on any atom is -0.391 e. The normalized spacial score (nSPS) is 12.9. The van der Waals surface area contributed by atoms with E-state index in [0.717, 1.165) is 5.69 Å². The Bertz CT molecular complexity index is 271. The number of anilines is 2. The molecule has 4 nitrogen and oxygen atoms in total. The van der Waals surface area contributed by atoms with Gasteiger partial charge in [0, 0.05) is 6.54 Å². The van der Waals surface area contributed by atoms with Crippen molar-refractivity contribution in [1.82, 2.24) is 4.98 Å². The lowest BCUT2D eigenvalue weighted by molar-refractivity contribution is 0.138. The number of nitrogens with zero attached hydrogens (tertiary/aromatic N) is 1.